The Hall–Kier alpha value is -2.88. The maximum Gasteiger partial charge on any atom is 0.187 e. The van der Waals surface area contributed by atoms with Gasteiger partial charge in [0.1, 0.15) is 30.5 Å². The summed E-state index contributed by atoms with van der Waals surface area (Å²) in [5.41, 5.74) is 2.92. The van der Waals surface area contributed by atoms with Crippen molar-refractivity contribution in [1.29, 1.82) is 0 Å². The van der Waals surface area contributed by atoms with Crippen LogP contribution in [0.5, 0.6) is 0 Å². The zero-order valence-corrected chi connectivity index (χ0v) is 21.4. The van der Waals surface area contributed by atoms with E-state index in [9.17, 15) is 10.2 Å². The van der Waals surface area contributed by atoms with Crippen molar-refractivity contribution < 1.29 is 33.9 Å². The monoisotopic (exact) mass is 520 g/mol. The molecule has 1 heterocycles. The molecule has 6 atom stereocenters. The van der Waals surface area contributed by atoms with Gasteiger partial charge in [0.05, 0.1) is 33.0 Å². The SMILES string of the molecule is C=CCO[C@H]1O[C@H]([C@H](O)CO)[C@@H](OCc2ccccc2)[C@H](OCc2ccccc2)[C@@H]1OCc1ccccc1. The van der Waals surface area contributed by atoms with Crippen LogP contribution >= 0.6 is 0 Å². The standard InChI is InChI=1S/C31H36O7/c1-2-18-34-31-30(37-22-25-16-10-5-11-17-25)29(36-21-24-14-8-4-9-15-24)28(27(38-31)26(33)19-32)35-20-23-12-6-3-7-13-23/h2-17,26-33H,1,18-22H2/t26-,27-,28-,29+,30+,31+/m1/s1. The summed E-state index contributed by atoms with van der Waals surface area (Å²) < 4.78 is 31.4. The van der Waals surface area contributed by atoms with E-state index in [1.165, 1.54) is 0 Å². The van der Waals surface area contributed by atoms with Crippen LogP contribution in [0.1, 0.15) is 16.7 Å². The van der Waals surface area contributed by atoms with E-state index in [-0.39, 0.29) is 19.8 Å². The number of hydrogen-bond acceptors (Lipinski definition) is 7. The van der Waals surface area contributed by atoms with E-state index in [4.69, 9.17) is 23.7 Å². The average molecular weight is 521 g/mol. The van der Waals surface area contributed by atoms with Crippen LogP contribution in [0, 0.1) is 0 Å². The van der Waals surface area contributed by atoms with Crippen LogP contribution in [-0.2, 0) is 43.5 Å². The van der Waals surface area contributed by atoms with Crippen LogP contribution in [0.25, 0.3) is 0 Å². The van der Waals surface area contributed by atoms with Gasteiger partial charge in [-0.25, -0.2) is 0 Å². The fourth-order valence-electron chi connectivity index (χ4n) is 4.40. The van der Waals surface area contributed by atoms with Crippen molar-refractivity contribution in [2.75, 3.05) is 13.2 Å². The number of aliphatic hydroxyl groups excluding tert-OH is 2. The molecule has 202 valence electrons. The summed E-state index contributed by atoms with van der Waals surface area (Å²) in [5, 5.41) is 20.6. The highest BCUT2D eigenvalue weighted by Crippen LogP contribution is 2.32. The highest BCUT2D eigenvalue weighted by molar-refractivity contribution is 5.16. The van der Waals surface area contributed by atoms with Crippen LogP contribution in [0.4, 0.5) is 0 Å². The van der Waals surface area contributed by atoms with Gasteiger partial charge in [-0.1, -0.05) is 97.1 Å². The van der Waals surface area contributed by atoms with Crippen molar-refractivity contribution in [2.24, 2.45) is 0 Å². The van der Waals surface area contributed by atoms with Crippen molar-refractivity contribution in [3.8, 4) is 0 Å². The first kappa shape index (κ1) is 28.1. The number of aliphatic hydroxyl groups is 2. The second-order valence-corrected chi connectivity index (χ2v) is 9.12. The highest BCUT2D eigenvalue weighted by atomic mass is 16.7. The van der Waals surface area contributed by atoms with Crippen LogP contribution in [-0.4, -0.2) is 60.2 Å². The minimum atomic E-state index is -1.22. The molecule has 0 aromatic heterocycles. The summed E-state index contributed by atoms with van der Waals surface area (Å²) in [5.74, 6) is 0. The minimum Gasteiger partial charge on any atom is -0.394 e. The molecular weight excluding hydrogens is 484 g/mol. The maximum atomic E-state index is 10.8. The Bertz CT molecular complexity index is 1060. The van der Waals surface area contributed by atoms with Gasteiger partial charge in [0.25, 0.3) is 0 Å². The molecule has 7 heteroatoms. The molecule has 0 amide bonds. The van der Waals surface area contributed by atoms with E-state index in [1.54, 1.807) is 6.08 Å². The van der Waals surface area contributed by atoms with Crippen LogP contribution in [0.15, 0.2) is 104 Å². The van der Waals surface area contributed by atoms with E-state index < -0.39 is 43.4 Å². The fourth-order valence-corrected chi connectivity index (χ4v) is 4.40. The van der Waals surface area contributed by atoms with Gasteiger partial charge >= 0.3 is 0 Å². The van der Waals surface area contributed by atoms with Crippen molar-refractivity contribution in [3.05, 3.63) is 120 Å². The molecule has 0 unspecified atom stereocenters. The lowest BCUT2D eigenvalue weighted by molar-refractivity contribution is -0.333. The lowest BCUT2D eigenvalue weighted by Crippen LogP contribution is -2.63. The number of hydrogen-bond donors (Lipinski definition) is 2. The van der Waals surface area contributed by atoms with Crippen molar-refractivity contribution >= 4 is 0 Å². The van der Waals surface area contributed by atoms with Gasteiger partial charge in [-0.05, 0) is 16.7 Å². The third-order valence-electron chi connectivity index (χ3n) is 6.33. The van der Waals surface area contributed by atoms with Crippen molar-refractivity contribution in [1.82, 2.24) is 0 Å². The summed E-state index contributed by atoms with van der Waals surface area (Å²) >= 11 is 0. The van der Waals surface area contributed by atoms with Gasteiger partial charge in [-0.15, -0.1) is 6.58 Å². The Labute approximate surface area is 224 Å². The van der Waals surface area contributed by atoms with E-state index in [0.29, 0.717) is 6.61 Å². The Balaban J connectivity index is 1.64. The smallest absolute Gasteiger partial charge is 0.187 e. The molecule has 1 aliphatic rings. The van der Waals surface area contributed by atoms with Gasteiger partial charge < -0.3 is 33.9 Å². The second kappa shape index (κ2) is 14.9. The molecule has 0 bridgehead atoms. The van der Waals surface area contributed by atoms with Crippen molar-refractivity contribution in [2.45, 2.75) is 56.6 Å². The maximum absolute atomic E-state index is 10.8. The number of ether oxygens (including phenoxy) is 5. The third-order valence-corrected chi connectivity index (χ3v) is 6.33. The second-order valence-electron chi connectivity index (χ2n) is 9.12. The molecule has 1 saturated heterocycles. The summed E-state index contributed by atoms with van der Waals surface area (Å²) in [6.45, 7) is 4.29. The molecule has 4 rings (SSSR count). The predicted octanol–water partition coefficient (Wildman–Crippen LogP) is 4.02. The number of benzene rings is 3. The highest BCUT2D eigenvalue weighted by Gasteiger charge is 2.51. The minimum absolute atomic E-state index is 0.207. The Morgan fingerprint density at radius 2 is 1.13 bits per heavy atom. The molecule has 0 aliphatic carbocycles. The van der Waals surface area contributed by atoms with E-state index in [1.807, 2.05) is 91.0 Å². The fraction of sp³-hybridized carbons (Fsp3) is 0.355. The summed E-state index contributed by atoms with van der Waals surface area (Å²) in [7, 11) is 0. The van der Waals surface area contributed by atoms with E-state index in [2.05, 4.69) is 6.58 Å². The first-order valence-electron chi connectivity index (χ1n) is 12.8. The molecule has 0 saturated carbocycles. The summed E-state index contributed by atoms with van der Waals surface area (Å²) in [6, 6.07) is 29.3. The Kier molecular flexibility index (Phi) is 11.0. The van der Waals surface area contributed by atoms with Crippen LogP contribution < -0.4 is 0 Å². The molecule has 2 N–H and O–H groups in total. The zero-order valence-electron chi connectivity index (χ0n) is 21.4. The molecule has 3 aromatic rings. The molecule has 0 spiro atoms. The van der Waals surface area contributed by atoms with Gasteiger partial charge in [0.15, 0.2) is 6.29 Å². The summed E-state index contributed by atoms with van der Waals surface area (Å²) in [6.07, 6.45) is -3.54. The van der Waals surface area contributed by atoms with E-state index >= 15 is 0 Å². The van der Waals surface area contributed by atoms with Crippen LogP contribution in [0.2, 0.25) is 0 Å². The van der Waals surface area contributed by atoms with Crippen LogP contribution in [0.3, 0.4) is 0 Å². The molecular formula is C31H36O7. The quantitative estimate of drug-likeness (QED) is 0.311. The molecule has 7 nitrogen and oxygen atoms in total. The lowest BCUT2D eigenvalue weighted by Gasteiger charge is -2.46. The Morgan fingerprint density at radius 1 is 0.684 bits per heavy atom. The average Bonchev–Trinajstić information content (AvgIpc) is 2.98. The lowest BCUT2D eigenvalue weighted by atomic mass is 9.94. The van der Waals surface area contributed by atoms with Gasteiger partial charge in [-0.3, -0.25) is 0 Å². The largest absolute Gasteiger partial charge is 0.394 e. The van der Waals surface area contributed by atoms with Gasteiger partial charge in [0.2, 0.25) is 0 Å². The first-order valence-corrected chi connectivity index (χ1v) is 12.8. The zero-order chi connectivity index (χ0) is 26.6. The number of rotatable bonds is 14. The molecule has 1 fully saturated rings. The molecule has 1 aliphatic heterocycles. The molecule has 38 heavy (non-hydrogen) atoms. The normalized spacial score (nSPS) is 24.1. The van der Waals surface area contributed by atoms with Crippen molar-refractivity contribution in [3.63, 3.8) is 0 Å². The first-order chi connectivity index (χ1) is 18.7. The van der Waals surface area contributed by atoms with Gasteiger partial charge in [0, 0.05) is 0 Å². The third kappa shape index (κ3) is 7.82. The topological polar surface area (TPSA) is 86.6 Å². The van der Waals surface area contributed by atoms with E-state index in [0.717, 1.165) is 16.7 Å². The summed E-state index contributed by atoms with van der Waals surface area (Å²) in [4.78, 5) is 0. The predicted molar refractivity (Wildman–Crippen MR) is 143 cm³/mol. The molecule has 0 radical (unpaired) electrons. The van der Waals surface area contributed by atoms with Gasteiger partial charge in [-0.2, -0.15) is 0 Å². The molecule has 3 aromatic carbocycles. The Morgan fingerprint density at radius 3 is 1.58 bits per heavy atom.